The van der Waals surface area contributed by atoms with E-state index in [1.165, 1.54) is 23.5 Å². The molecule has 2 fully saturated rings. The van der Waals surface area contributed by atoms with Crippen LogP contribution < -0.4 is 15.4 Å². The molecule has 1 saturated carbocycles. The third kappa shape index (κ3) is 6.05. The number of pyridine rings is 2. The molecule has 2 amide bonds. The molecule has 0 radical (unpaired) electrons. The zero-order chi connectivity index (χ0) is 27.6. The third-order valence-electron chi connectivity index (χ3n) is 7.04. The lowest BCUT2D eigenvalue weighted by molar-refractivity contribution is -0.143. The molecule has 1 aromatic carbocycles. The van der Waals surface area contributed by atoms with E-state index in [0.717, 1.165) is 53.1 Å². The van der Waals surface area contributed by atoms with Crippen LogP contribution >= 0.6 is 11.3 Å². The first-order valence-corrected chi connectivity index (χ1v) is 14.1. The second-order valence-corrected chi connectivity index (χ2v) is 11.3. The van der Waals surface area contributed by atoms with E-state index in [2.05, 4.69) is 25.5 Å². The maximum absolute atomic E-state index is 14.8. The number of carboxylic acid groups (broad SMARTS) is 1. The monoisotopic (exact) mass is 561 g/mol. The number of hydrogen-bond acceptors (Lipinski definition) is 7. The number of aliphatic carboxylic acids is 1. The number of benzene rings is 1. The van der Waals surface area contributed by atoms with Crippen molar-refractivity contribution in [2.24, 2.45) is 5.92 Å². The molecule has 4 heterocycles. The van der Waals surface area contributed by atoms with Gasteiger partial charge in [-0.2, -0.15) is 0 Å². The molecule has 9 nitrogen and oxygen atoms in total. The number of urea groups is 1. The molecule has 3 N–H and O–H groups in total. The maximum atomic E-state index is 14.8. The highest BCUT2D eigenvalue weighted by Crippen LogP contribution is 2.39. The summed E-state index contributed by atoms with van der Waals surface area (Å²) in [5.41, 5.74) is 2.87. The molecule has 2 aliphatic rings. The number of nitrogens with zero attached hydrogens (tertiary/aromatic N) is 3. The fourth-order valence-corrected chi connectivity index (χ4v) is 5.85. The van der Waals surface area contributed by atoms with E-state index in [-0.39, 0.29) is 23.7 Å². The van der Waals surface area contributed by atoms with Gasteiger partial charge in [0.15, 0.2) is 11.6 Å². The Morgan fingerprint density at radius 3 is 2.73 bits per heavy atom. The van der Waals surface area contributed by atoms with Crippen molar-refractivity contribution in [1.29, 1.82) is 0 Å². The summed E-state index contributed by atoms with van der Waals surface area (Å²) >= 11 is 1.46. The number of anilines is 1. The number of nitrogens with one attached hydrogen (secondary N) is 2. The summed E-state index contributed by atoms with van der Waals surface area (Å²) in [4.78, 5) is 35.5. The van der Waals surface area contributed by atoms with Gasteiger partial charge >= 0.3 is 12.0 Å². The minimum atomic E-state index is -0.732. The van der Waals surface area contributed by atoms with Crippen LogP contribution in [0.3, 0.4) is 0 Å². The SMILES string of the molecule is O=C(Nc1ccc(Oc2ccnc3cc(-c4ccc(CN5CCCC(C(=O)O)C5)cn4)sc23)c(F)c1)NC1CC1. The fourth-order valence-electron chi connectivity index (χ4n) is 4.80. The van der Waals surface area contributed by atoms with E-state index in [4.69, 9.17) is 4.74 Å². The molecule has 0 bridgehead atoms. The van der Waals surface area contributed by atoms with Crippen LogP contribution in [0.2, 0.25) is 0 Å². The van der Waals surface area contributed by atoms with Crippen molar-refractivity contribution >= 4 is 39.2 Å². The number of thiophene rings is 1. The summed E-state index contributed by atoms with van der Waals surface area (Å²) in [6.07, 6.45) is 6.98. The zero-order valence-electron chi connectivity index (χ0n) is 21.6. The second-order valence-electron chi connectivity index (χ2n) is 10.2. The van der Waals surface area contributed by atoms with Gasteiger partial charge in [-0.25, -0.2) is 9.18 Å². The Bertz CT molecular complexity index is 1560. The van der Waals surface area contributed by atoms with Crippen molar-refractivity contribution in [3.63, 3.8) is 0 Å². The summed E-state index contributed by atoms with van der Waals surface area (Å²) < 4.78 is 21.5. The van der Waals surface area contributed by atoms with Crippen LogP contribution in [0.5, 0.6) is 11.5 Å². The highest BCUT2D eigenvalue weighted by molar-refractivity contribution is 7.22. The molecular formula is C29H28FN5O4S. The Kier molecular flexibility index (Phi) is 7.31. The first-order chi connectivity index (χ1) is 19.4. The van der Waals surface area contributed by atoms with Gasteiger partial charge in [0.1, 0.15) is 5.75 Å². The van der Waals surface area contributed by atoms with Gasteiger partial charge in [-0.15, -0.1) is 11.3 Å². The number of amides is 2. The number of fused-ring (bicyclic) bond motifs is 1. The third-order valence-corrected chi connectivity index (χ3v) is 8.20. The molecule has 6 rings (SSSR count). The normalized spacial score (nSPS) is 17.5. The standard InChI is InChI=1S/C29H28FN5O4S/c30-21-12-20(34-29(38)33-19-4-5-19)6-8-24(21)39-25-9-10-31-23-13-26(40-27(23)25)22-7-3-17(14-32-22)15-35-11-1-2-18(16-35)28(36)37/h3,6-10,12-14,18-19H,1-2,4-5,11,15-16H2,(H,36,37)(H2,33,34,38). The Hall–Kier alpha value is -4.09. The molecule has 1 unspecified atom stereocenters. The lowest BCUT2D eigenvalue weighted by Crippen LogP contribution is -2.38. The predicted octanol–water partition coefficient (Wildman–Crippen LogP) is 5.87. The minimum absolute atomic E-state index is 0.0425. The number of carbonyl (C=O) groups excluding carboxylic acids is 1. The second kappa shape index (κ2) is 11.2. The molecule has 1 aliphatic heterocycles. The first kappa shape index (κ1) is 26.1. The van der Waals surface area contributed by atoms with Gasteiger partial charge in [0.25, 0.3) is 0 Å². The molecule has 1 saturated heterocycles. The average molecular weight is 562 g/mol. The summed E-state index contributed by atoms with van der Waals surface area (Å²) in [6, 6.07) is 11.8. The van der Waals surface area contributed by atoms with Gasteiger partial charge in [0, 0.05) is 49.3 Å². The van der Waals surface area contributed by atoms with Gasteiger partial charge in [0.2, 0.25) is 0 Å². The average Bonchev–Trinajstić information content (AvgIpc) is 3.64. The maximum Gasteiger partial charge on any atom is 0.319 e. The molecular weight excluding hydrogens is 533 g/mol. The molecule has 1 atom stereocenters. The highest BCUT2D eigenvalue weighted by Gasteiger charge is 2.25. The molecule has 3 aromatic heterocycles. The quantitative estimate of drug-likeness (QED) is 0.246. The van der Waals surface area contributed by atoms with Gasteiger partial charge in [0.05, 0.1) is 26.7 Å². The fraction of sp³-hybridized carbons (Fsp3) is 0.310. The Morgan fingerprint density at radius 1 is 1.10 bits per heavy atom. The summed E-state index contributed by atoms with van der Waals surface area (Å²) in [5.74, 6) is -1.12. The van der Waals surface area contributed by atoms with Gasteiger partial charge in [-0.1, -0.05) is 6.07 Å². The molecule has 206 valence electrons. The van der Waals surface area contributed by atoms with Crippen LogP contribution in [0.1, 0.15) is 31.2 Å². The lowest BCUT2D eigenvalue weighted by atomic mass is 9.98. The van der Waals surface area contributed by atoms with E-state index in [1.807, 2.05) is 24.4 Å². The van der Waals surface area contributed by atoms with Crippen LogP contribution in [0.4, 0.5) is 14.9 Å². The minimum Gasteiger partial charge on any atom is -0.481 e. The van der Waals surface area contributed by atoms with Crippen LogP contribution in [-0.4, -0.2) is 51.1 Å². The molecule has 40 heavy (non-hydrogen) atoms. The molecule has 4 aromatic rings. The number of rotatable bonds is 8. The topological polar surface area (TPSA) is 117 Å². The van der Waals surface area contributed by atoms with E-state index in [0.29, 0.717) is 30.0 Å². The largest absolute Gasteiger partial charge is 0.481 e. The Balaban J connectivity index is 1.15. The molecule has 0 spiro atoms. The summed E-state index contributed by atoms with van der Waals surface area (Å²) in [6.45, 7) is 2.09. The van der Waals surface area contributed by atoms with Crippen molar-refractivity contribution in [2.75, 3.05) is 18.4 Å². The van der Waals surface area contributed by atoms with Crippen LogP contribution in [0, 0.1) is 11.7 Å². The van der Waals surface area contributed by atoms with Gasteiger partial charge < -0.3 is 20.5 Å². The van der Waals surface area contributed by atoms with Gasteiger partial charge in [-0.05, 0) is 62.1 Å². The highest BCUT2D eigenvalue weighted by atomic mass is 32.1. The number of aromatic nitrogens is 2. The van der Waals surface area contributed by atoms with Crippen LogP contribution in [0.15, 0.2) is 54.9 Å². The number of likely N-dealkylation sites (tertiary alicyclic amines) is 1. The van der Waals surface area contributed by atoms with Crippen molar-refractivity contribution in [3.8, 4) is 22.1 Å². The number of hydrogen-bond donors (Lipinski definition) is 3. The summed E-state index contributed by atoms with van der Waals surface area (Å²) in [7, 11) is 0. The van der Waals surface area contributed by atoms with E-state index >= 15 is 0 Å². The number of carboxylic acids is 1. The van der Waals surface area contributed by atoms with Gasteiger partial charge in [-0.3, -0.25) is 19.7 Å². The lowest BCUT2D eigenvalue weighted by Gasteiger charge is -2.30. The van der Waals surface area contributed by atoms with E-state index < -0.39 is 11.8 Å². The molecule has 1 aliphatic carbocycles. The number of halogens is 1. The summed E-state index contributed by atoms with van der Waals surface area (Å²) in [5, 5.41) is 14.8. The smallest absolute Gasteiger partial charge is 0.319 e. The van der Waals surface area contributed by atoms with Crippen molar-refractivity contribution in [1.82, 2.24) is 20.2 Å². The number of ether oxygens (including phenoxy) is 1. The molecule has 11 heteroatoms. The van der Waals surface area contributed by atoms with E-state index in [1.54, 1.807) is 18.3 Å². The van der Waals surface area contributed by atoms with Crippen molar-refractivity contribution in [2.45, 2.75) is 38.3 Å². The van der Waals surface area contributed by atoms with E-state index in [9.17, 15) is 19.1 Å². The van der Waals surface area contributed by atoms with Crippen molar-refractivity contribution in [3.05, 3.63) is 66.2 Å². The Morgan fingerprint density at radius 2 is 1.98 bits per heavy atom. The zero-order valence-corrected chi connectivity index (χ0v) is 22.4. The van der Waals surface area contributed by atoms with Crippen LogP contribution in [-0.2, 0) is 11.3 Å². The number of carbonyl (C=O) groups is 2. The predicted molar refractivity (Wildman–Crippen MR) is 150 cm³/mol. The van der Waals surface area contributed by atoms with Crippen LogP contribution in [0.25, 0.3) is 20.8 Å². The Labute approximate surface area is 234 Å². The number of piperidine rings is 1. The first-order valence-electron chi connectivity index (χ1n) is 13.3. The van der Waals surface area contributed by atoms with Crippen molar-refractivity contribution < 1.29 is 23.8 Å².